The molecule has 4 heteroatoms. The van der Waals surface area contributed by atoms with Gasteiger partial charge in [-0.1, -0.05) is 15.9 Å². The second kappa shape index (κ2) is 6.48. The average Bonchev–Trinajstić information content (AvgIpc) is 2.52. The number of pyridine rings is 1. The van der Waals surface area contributed by atoms with E-state index in [1.54, 1.807) is 0 Å². The molecule has 0 spiro atoms. The van der Waals surface area contributed by atoms with Crippen molar-refractivity contribution >= 4 is 27.3 Å². The van der Waals surface area contributed by atoms with Gasteiger partial charge in [0, 0.05) is 47.4 Å². The molecule has 0 bridgehead atoms. The Morgan fingerprint density at radius 2 is 1.86 bits per heavy atom. The van der Waals surface area contributed by atoms with Crippen LogP contribution < -0.4 is 10.2 Å². The van der Waals surface area contributed by atoms with Gasteiger partial charge in [-0.15, -0.1) is 0 Å². The van der Waals surface area contributed by atoms with E-state index in [9.17, 15) is 0 Å². The van der Waals surface area contributed by atoms with Gasteiger partial charge in [-0.05, 0) is 55.7 Å². The first-order chi connectivity index (χ1) is 10.2. The molecule has 1 fully saturated rings. The van der Waals surface area contributed by atoms with Crippen LogP contribution in [0.2, 0.25) is 0 Å². The van der Waals surface area contributed by atoms with Gasteiger partial charge >= 0.3 is 0 Å². The summed E-state index contributed by atoms with van der Waals surface area (Å²) in [5.74, 6) is 0. The van der Waals surface area contributed by atoms with Crippen LogP contribution in [0.5, 0.6) is 0 Å². The van der Waals surface area contributed by atoms with Crippen LogP contribution in [0.1, 0.15) is 18.4 Å². The lowest BCUT2D eigenvalue weighted by molar-refractivity contribution is 0.526. The molecule has 0 unspecified atom stereocenters. The first-order valence-corrected chi connectivity index (χ1v) is 8.19. The summed E-state index contributed by atoms with van der Waals surface area (Å²) < 4.78 is 1.14. The third-order valence-electron chi connectivity index (χ3n) is 4.07. The molecule has 2 heterocycles. The Bertz CT molecular complexity index is 592. The Morgan fingerprint density at radius 1 is 1.14 bits per heavy atom. The van der Waals surface area contributed by atoms with Crippen molar-refractivity contribution in [1.29, 1.82) is 0 Å². The highest BCUT2D eigenvalue weighted by molar-refractivity contribution is 9.10. The zero-order valence-electron chi connectivity index (χ0n) is 12.2. The van der Waals surface area contributed by atoms with E-state index in [0.29, 0.717) is 6.04 Å². The summed E-state index contributed by atoms with van der Waals surface area (Å²) in [4.78, 5) is 6.52. The number of anilines is 2. The Hall–Kier alpha value is -1.55. The molecule has 21 heavy (non-hydrogen) atoms. The molecule has 1 aromatic carbocycles. The number of hydrogen-bond donors (Lipinski definition) is 1. The topological polar surface area (TPSA) is 28.2 Å². The van der Waals surface area contributed by atoms with Gasteiger partial charge in [0.2, 0.25) is 0 Å². The molecule has 2 aromatic rings. The quantitative estimate of drug-likeness (QED) is 0.901. The molecule has 1 saturated heterocycles. The number of piperidine rings is 1. The normalized spacial score (nSPS) is 16.0. The minimum atomic E-state index is 0.558. The van der Waals surface area contributed by atoms with Crippen LogP contribution in [0.25, 0.3) is 0 Å². The van der Waals surface area contributed by atoms with Gasteiger partial charge in [0.1, 0.15) is 0 Å². The van der Waals surface area contributed by atoms with E-state index in [1.807, 2.05) is 12.4 Å². The standard InChI is InChI=1S/C17H20BrN3/c1-13-12-14(18)2-3-17(13)20-15-6-10-21(11-7-15)16-4-8-19-9-5-16/h2-5,8-9,12,15,20H,6-7,10-11H2,1H3. The Labute approximate surface area is 134 Å². The molecule has 1 aliphatic rings. The summed E-state index contributed by atoms with van der Waals surface area (Å²) in [5.41, 5.74) is 3.82. The molecule has 1 aliphatic heterocycles. The Balaban J connectivity index is 1.59. The molecule has 1 N–H and O–H groups in total. The third kappa shape index (κ3) is 3.56. The van der Waals surface area contributed by atoms with E-state index in [0.717, 1.165) is 30.4 Å². The van der Waals surface area contributed by atoms with Crippen LogP contribution >= 0.6 is 15.9 Å². The number of aromatic nitrogens is 1. The summed E-state index contributed by atoms with van der Waals surface area (Å²) in [6.45, 7) is 4.34. The van der Waals surface area contributed by atoms with Crippen molar-refractivity contribution in [2.24, 2.45) is 0 Å². The number of nitrogens with zero attached hydrogens (tertiary/aromatic N) is 2. The number of halogens is 1. The highest BCUT2D eigenvalue weighted by Crippen LogP contribution is 2.24. The van der Waals surface area contributed by atoms with Crippen molar-refractivity contribution in [3.63, 3.8) is 0 Å². The average molecular weight is 346 g/mol. The first kappa shape index (κ1) is 14.4. The van der Waals surface area contributed by atoms with E-state index in [-0.39, 0.29) is 0 Å². The second-order valence-electron chi connectivity index (χ2n) is 5.57. The fourth-order valence-corrected chi connectivity index (χ4v) is 3.32. The molecule has 0 saturated carbocycles. The van der Waals surface area contributed by atoms with Crippen molar-refractivity contribution < 1.29 is 0 Å². The van der Waals surface area contributed by atoms with E-state index < -0.39 is 0 Å². The smallest absolute Gasteiger partial charge is 0.0397 e. The van der Waals surface area contributed by atoms with Crippen LogP contribution in [0.3, 0.4) is 0 Å². The van der Waals surface area contributed by atoms with Gasteiger partial charge in [-0.25, -0.2) is 0 Å². The fourth-order valence-electron chi connectivity index (χ4n) is 2.85. The van der Waals surface area contributed by atoms with E-state index >= 15 is 0 Å². The van der Waals surface area contributed by atoms with Crippen LogP contribution in [-0.2, 0) is 0 Å². The van der Waals surface area contributed by atoms with Crippen molar-refractivity contribution in [3.8, 4) is 0 Å². The highest BCUT2D eigenvalue weighted by Gasteiger charge is 2.19. The number of benzene rings is 1. The molecule has 1 aromatic heterocycles. The van der Waals surface area contributed by atoms with Gasteiger partial charge in [-0.3, -0.25) is 4.98 Å². The minimum absolute atomic E-state index is 0.558. The second-order valence-corrected chi connectivity index (χ2v) is 6.49. The van der Waals surface area contributed by atoms with Gasteiger partial charge < -0.3 is 10.2 Å². The monoisotopic (exact) mass is 345 g/mol. The molecule has 3 nitrogen and oxygen atoms in total. The molecule has 3 rings (SSSR count). The summed E-state index contributed by atoms with van der Waals surface area (Å²) in [6, 6.07) is 11.2. The summed E-state index contributed by atoms with van der Waals surface area (Å²) in [6.07, 6.45) is 6.06. The third-order valence-corrected chi connectivity index (χ3v) is 4.56. The minimum Gasteiger partial charge on any atom is -0.382 e. The molecule has 110 valence electrons. The SMILES string of the molecule is Cc1cc(Br)ccc1NC1CCN(c2ccncc2)CC1. The zero-order valence-corrected chi connectivity index (χ0v) is 13.8. The van der Waals surface area contributed by atoms with Gasteiger partial charge in [0.25, 0.3) is 0 Å². The van der Waals surface area contributed by atoms with Crippen molar-refractivity contribution in [2.75, 3.05) is 23.3 Å². The van der Waals surface area contributed by atoms with Gasteiger partial charge in [0.15, 0.2) is 0 Å². The predicted molar refractivity (Wildman–Crippen MR) is 92.0 cm³/mol. The van der Waals surface area contributed by atoms with Gasteiger partial charge in [-0.2, -0.15) is 0 Å². The lowest BCUT2D eigenvalue weighted by Crippen LogP contribution is -2.39. The number of hydrogen-bond acceptors (Lipinski definition) is 3. The molecule has 0 aliphatic carbocycles. The molecular weight excluding hydrogens is 326 g/mol. The largest absolute Gasteiger partial charge is 0.382 e. The number of nitrogens with one attached hydrogen (secondary N) is 1. The zero-order chi connectivity index (χ0) is 14.7. The molecule has 0 atom stereocenters. The van der Waals surface area contributed by atoms with Crippen LogP contribution in [-0.4, -0.2) is 24.1 Å². The highest BCUT2D eigenvalue weighted by atomic mass is 79.9. The Morgan fingerprint density at radius 3 is 2.52 bits per heavy atom. The van der Waals surface area contributed by atoms with Crippen LogP contribution in [0.4, 0.5) is 11.4 Å². The van der Waals surface area contributed by atoms with Crippen LogP contribution in [0.15, 0.2) is 47.2 Å². The predicted octanol–water partition coefficient (Wildman–Crippen LogP) is 4.23. The summed E-state index contributed by atoms with van der Waals surface area (Å²) in [7, 11) is 0. The maximum absolute atomic E-state index is 4.08. The lowest BCUT2D eigenvalue weighted by Gasteiger charge is -2.34. The van der Waals surface area contributed by atoms with Crippen molar-refractivity contribution in [2.45, 2.75) is 25.8 Å². The van der Waals surface area contributed by atoms with E-state index in [4.69, 9.17) is 0 Å². The number of rotatable bonds is 3. The van der Waals surface area contributed by atoms with Crippen LogP contribution in [0, 0.1) is 6.92 Å². The van der Waals surface area contributed by atoms with Crippen molar-refractivity contribution in [1.82, 2.24) is 4.98 Å². The lowest BCUT2D eigenvalue weighted by atomic mass is 10.0. The first-order valence-electron chi connectivity index (χ1n) is 7.40. The maximum Gasteiger partial charge on any atom is 0.0397 e. The number of aryl methyl sites for hydroxylation is 1. The molecule has 0 amide bonds. The molecular formula is C17H20BrN3. The van der Waals surface area contributed by atoms with E-state index in [1.165, 1.54) is 16.9 Å². The van der Waals surface area contributed by atoms with E-state index in [2.05, 4.69) is 68.4 Å². The Kier molecular flexibility index (Phi) is 4.44. The summed E-state index contributed by atoms with van der Waals surface area (Å²) in [5, 5.41) is 3.69. The molecule has 0 radical (unpaired) electrons. The van der Waals surface area contributed by atoms with Crippen molar-refractivity contribution in [3.05, 3.63) is 52.8 Å². The fraction of sp³-hybridized carbons (Fsp3) is 0.353. The maximum atomic E-state index is 4.08. The summed E-state index contributed by atoms with van der Waals surface area (Å²) >= 11 is 3.52. The van der Waals surface area contributed by atoms with Gasteiger partial charge in [0.05, 0.1) is 0 Å².